The Morgan fingerprint density at radius 3 is 2.60 bits per heavy atom. The van der Waals surface area contributed by atoms with E-state index < -0.39 is 23.8 Å². The van der Waals surface area contributed by atoms with E-state index in [1.54, 1.807) is 0 Å². The van der Waals surface area contributed by atoms with Crippen molar-refractivity contribution in [1.29, 1.82) is 0 Å². The van der Waals surface area contributed by atoms with Crippen molar-refractivity contribution in [3.63, 3.8) is 0 Å². The molecular formula is C26H31NO8. The number of fused-ring (bicyclic) bond motifs is 2. The van der Waals surface area contributed by atoms with Gasteiger partial charge in [-0.2, -0.15) is 0 Å². The summed E-state index contributed by atoms with van der Waals surface area (Å²) in [5.41, 5.74) is 4.88. The minimum Gasteiger partial charge on any atom is -0.508 e. The van der Waals surface area contributed by atoms with E-state index in [2.05, 4.69) is 5.64 Å². The molecule has 0 aromatic heterocycles. The van der Waals surface area contributed by atoms with Gasteiger partial charge >= 0.3 is 5.97 Å². The molecule has 1 heterocycles. The van der Waals surface area contributed by atoms with Gasteiger partial charge in [0.05, 0.1) is 23.2 Å². The van der Waals surface area contributed by atoms with Crippen molar-refractivity contribution in [1.82, 2.24) is 5.64 Å². The van der Waals surface area contributed by atoms with Crippen LogP contribution in [-0.4, -0.2) is 45.4 Å². The van der Waals surface area contributed by atoms with Crippen LogP contribution in [-0.2, 0) is 32.0 Å². The predicted octanol–water partition coefficient (Wildman–Crippen LogP) is 3.76. The van der Waals surface area contributed by atoms with Gasteiger partial charge < -0.3 is 20.1 Å². The number of aromatic hydroxyl groups is 3. The number of carbonyl (C=O) groups excluding carboxylic acids is 2. The number of Topliss-reactive ketones (excluding diaryl/α,β-unsaturated/α-hetero) is 1. The van der Waals surface area contributed by atoms with Gasteiger partial charge in [-0.25, -0.2) is 0 Å². The maximum Gasteiger partial charge on any atom is 0.303 e. The van der Waals surface area contributed by atoms with E-state index >= 15 is 0 Å². The van der Waals surface area contributed by atoms with Crippen LogP contribution in [0.5, 0.6) is 17.2 Å². The van der Waals surface area contributed by atoms with Crippen molar-refractivity contribution in [2.24, 2.45) is 5.92 Å². The number of benzene rings is 2. The lowest BCUT2D eigenvalue weighted by Crippen LogP contribution is -2.44. The normalized spacial score (nSPS) is 24.2. The molecule has 4 unspecified atom stereocenters. The van der Waals surface area contributed by atoms with Crippen molar-refractivity contribution in [2.75, 3.05) is 0 Å². The molecule has 2 aromatic rings. The first-order valence-electron chi connectivity index (χ1n) is 11.7. The number of phenols is 3. The molecule has 9 heteroatoms. The first-order chi connectivity index (χ1) is 16.6. The number of allylic oxidation sites excluding steroid dienone is 2. The number of esters is 1. The predicted molar refractivity (Wildman–Crippen MR) is 127 cm³/mol. The number of ether oxygens (including phenoxy) is 1. The number of nitrogens with one attached hydrogen (secondary N) is 1. The fraction of sp³-hybridized carbons (Fsp3) is 0.462. The van der Waals surface area contributed by atoms with E-state index in [9.17, 15) is 24.9 Å². The second-order valence-electron chi connectivity index (χ2n) is 9.64. The Kier molecular flexibility index (Phi) is 7.02. The van der Waals surface area contributed by atoms with Crippen LogP contribution in [0.25, 0.3) is 10.8 Å². The van der Waals surface area contributed by atoms with Crippen molar-refractivity contribution in [3.8, 4) is 17.2 Å². The third-order valence-electron chi connectivity index (χ3n) is 6.60. The number of rotatable bonds is 5. The van der Waals surface area contributed by atoms with Crippen LogP contribution in [0.4, 0.5) is 0 Å². The summed E-state index contributed by atoms with van der Waals surface area (Å²) in [5, 5.41) is 32.4. The van der Waals surface area contributed by atoms with Gasteiger partial charge in [-0.05, 0) is 62.6 Å². The lowest BCUT2D eigenvalue weighted by atomic mass is 9.74. The lowest BCUT2D eigenvalue weighted by molar-refractivity contribution is -0.268. The maximum absolute atomic E-state index is 13.7. The van der Waals surface area contributed by atoms with Gasteiger partial charge in [0, 0.05) is 25.3 Å². The zero-order chi connectivity index (χ0) is 25.4. The van der Waals surface area contributed by atoms with Crippen LogP contribution < -0.4 is 5.64 Å². The molecule has 9 nitrogen and oxygen atoms in total. The monoisotopic (exact) mass is 485 g/mol. The molecule has 0 radical (unpaired) electrons. The topological polar surface area (TPSA) is 135 Å². The summed E-state index contributed by atoms with van der Waals surface area (Å²) >= 11 is 0. The van der Waals surface area contributed by atoms with Crippen LogP contribution >= 0.6 is 0 Å². The third-order valence-corrected chi connectivity index (χ3v) is 6.60. The number of hydrogen-bond donors (Lipinski definition) is 4. The first kappa shape index (κ1) is 25.0. The van der Waals surface area contributed by atoms with Gasteiger partial charge in [0.2, 0.25) is 5.78 Å². The van der Waals surface area contributed by atoms with E-state index in [0.717, 1.165) is 17.2 Å². The Bertz CT molecular complexity index is 1200. The molecule has 1 fully saturated rings. The zero-order valence-corrected chi connectivity index (χ0v) is 20.3. The quantitative estimate of drug-likeness (QED) is 0.369. The van der Waals surface area contributed by atoms with Crippen molar-refractivity contribution >= 4 is 22.5 Å². The molecule has 0 bridgehead atoms. The Labute approximate surface area is 203 Å². The first-order valence-corrected chi connectivity index (χ1v) is 11.7. The molecule has 1 aliphatic carbocycles. The average molecular weight is 486 g/mol. The van der Waals surface area contributed by atoms with Crippen LogP contribution in [0, 0.1) is 5.92 Å². The fourth-order valence-corrected chi connectivity index (χ4v) is 5.10. The zero-order valence-electron chi connectivity index (χ0n) is 20.3. The Balaban J connectivity index is 1.89. The molecule has 0 amide bonds. The van der Waals surface area contributed by atoms with Crippen molar-refractivity contribution in [2.45, 2.75) is 71.7 Å². The van der Waals surface area contributed by atoms with Crippen LogP contribution in [0.1, 0.15) is 62.0 Å². The van der Waals surface area contributed by atoms with Crippen molar-refractivity contribution in [3.05, 3.63) is 40.5 Å². The average Bonchev–Trinajstić information content (AvgIpc) is 2.75. The molecule has 2 aromatic carbocycles. The highest BCUT2D eigenvalue weighted by Gasteiger charge is 2.43. The van der Waals surface area contributed by atoms with E-state index in [0.29, 0.717) is 36.6 Å². The molecule has 188 valence electrons. The molecule has 4 rings (SSSR count). The largest absolute Gasteiger partial charge is 0.508 e. The number of hydrogen-bond acceptors (Lipinski definition) is 9. The number of carbonyl (C=O) groups is 2. The number of phenolic OH excluding ortho intramolecular Hbond substituents is 3. The smallest absolute Gasteiger partial charge is 0.303 e. The SMILES string of the molecule is CC(=O)OC1C(=O)c2c(c(CC=C(C)C)c3cc(O)cc(O)c3c2O)CC1CC1CC(C)ONO1. The fourth-order valence-electron chi connectivity index (χ4n) is 5.10. The molecule has 1 saturated heterocycles. The van der Waals surface area contributed by atoms with Gasteiger partial charge in [0.25, 0.3) is 0 Å². The summed E-state index contributed by atoms with van der Waals surface area (Å²) < 4.78 is 5.47. The van der Waals surface area contributed by atoms with E-state index in [1.807, 2.05) is 26.8 Å². The van der Waals surface area contributed by atoms with Gasteiger partial charge in [0.1, 0.15) is 17.2 Å². The van der Waals surface area contributed by atoms with Crippen LogP contribution in [0.3, 0.4) is 0 Å². The molecule has 0 saturated carbocycles. The highest BCUT2D eigenvalue weighted by atomic mass is 16.9. The summed E-state index contributed by atoms with van der Waals surface area (Å²) in [5.74, 6) is -2.41. The van der Waals surface area contributed by atoms with Gasteiger partial charge in [0.15, 0.2) is 6.10 Å². The summed E-state index contributed by atoms with van der Waals surface area (Å²) in [7, 11) is 0. The summed E-state index contributed by atoms with van der Waals surface area (Å²) in [6, 6.07) is 2.60. The van der Waals surface area contributed by atoms with Crippen molar-refractivity contribution < 1.29 is 39.3 Å². The van der Waals surface area contributed by atoms with Gasteiger partial charge in [-0.1, -0.05) is 17.3 Å². The standard InChI is InChI=1S/C26H31NO8/c1-12(2)5-6-18-19-9-15(8-17-7-13(3)34-27-35-17)26(33-14(4)28)25(32)23(19)24(31)22-20(18)10-16(29)11-21(22)30/h5,10-11,13,15,17,26-27,29-31H,6-9H2,1-4H3. The molecule has 4 atom stereocenters. The van der Waals surface area contributed by atoms with Gasteiger partial charge in [-0.3, -0.25) is 19.3 Å². The van der Waals surface area contributed by atoms with E-state index in [4.69, 9.17) is 14.4 Å². The minimum atomic E-state index is -1.11. The number of ketones is 1. The summed E-state index contributed by atoms with van der Waals surface area (Å²) in [6.07, 6.45) is 2.26. The van der Waals surface area contributed by atoms with Gasteiger partial charge in [-0.15, -0.1) is 0 Å². The second kappa shape index (κ2) is 9.85. The highest BCUT2D eigenvalue weighted by Crippen LogP contribution is 2.47. The summed E-state index contributed by atoms with van der Waals surface area (Å²) in [4.78, 5) is 36.4. The van der Waals surface area contributed by atoms with E-state index in [1.165, 1.54) is 13.0 Å². The third kappa shape index (κ3) is 4.98. The Hall–Kier alpha value is -3.14. The molecule has 4 N–H and O–H groups in total. The molecule has 0 spiro atoms. The Morgan fingerprint density at radius 1 is 1.20 bits per heavy atom. The van der Waals surface area contributed by atoms with Crippen LogP contribution in [0.15, 0.2) is 23.8 Å². The lowest BCUT2D eigenvalue weighted by Gasteiger charge is -2.36. The molecular weight excluding hydrogens is 454 g/mol. The highest BCUT2D eigenvalue weighted by molar-refractivity contribution is 6.12. The molecule has 2 aliphatic rings. The molecule has 1 aliphatic heterocycles. The Morgan fingerprint density at radius 2 is 1.94 bits per heavy atom. The van der Waals surface area contributed by atoms with E-state index in [-0.39, 0.29) is 40.4 Å². The molecule has 35 heavy (non-hydrogen) atoms. The minimum absolute atomic E-state index is 0.0394. The van der Waals surface area contributed by atoms with Crippen LogP contribution in [0.2, 0.25) is 0 Å². The second-order valence-corrected chi connectivity index (χ2v) is 9.64. The summed E-state index contributed by atoms with van der Waals surface area (Å²) in [6.45, 7) is 7.04. The maximum atomic E-state index is 13.7.